The van der Waals surface area contributed by atoms with Crippen LogP contribution in [0.15, 0.2) is 78.2 Å². The maximum Gasteiger partial charge on any atom is 0.325 e. The van der Waals surface area contributed by atoms with Crippen LogP contribution in [0.25, 0.3) is 0 Å². The predicted octanol–water partition coefficient (Wildman–Crippen LogP) is 6.08. The lowest BCUT2D eigenvalue weighted by atomic mass is 9.90. The molecule has 0 N–H and O–H groups in total. The predicted molar refractivity (Wildman–Crippen MR) is 142 cm³/mol. The van der Waals surface area contributed by atoms with Crippen molar-refractivity contribution in [1.29, 1.82) is 0 Å². The van der Waals surface area contributed by atoms with Crippen LogP contribution >= 0.6 is 18.9 Å². The first-order chi connectivity index (χ1) is 17.6. The molecule has 6 nitrogen and oxygen atoms in total. The van der Waals surface area contributed by atoms with Crippen LogP contribution in [0.2, 0.25) is 0 Å². The van der Waals surface area contributed by atoms with E-state index >= 15 is 4.57 Å². The summed E-state index contributed by atoms with van der Waals surface area (Å²) in [5.41, 5.74) is 2.29. The second kappa shape index (κ2) is 9.88. The van der Waals surface area contributed by atoms with Gasteiger partial charge in [-0.05, 0) is 35.4 Å². The summed E-state index contributed by atoms with van der Waals surface area (Å²) in [7, 11) is -1.87. The van der Waals surface area contributed by atoms with E-state index in [0.29, 0.717) is 13.1 Å². The number of fused-ring (bicyclic) bond motifs is 1. The van der Waals surface area contributed by atoms with Gasteiger partial charge in [-0.1, -0.05) is 79.6 Å². The highest BCUT2D eigenvalue weighted by molar-refractivity contribution is 7.57. The maximum atomic E-state index is 15.7. The molecule has 0 spiro atoms. The minimum Gasteiger partial charge on any atom is -0.468 e. The van der Waals surface area contributed by atoms with Crippen LogP contribution in [0, 0.1) is 0 Å². The number of hydrogen-bond acceptors (Lipinski definition) is 4. The average molecular weight is 522 g/mol. The smallest absolute Gasteiger partial charge is 0.325 e. The van der Waals surface area contributed by atoms with Gasteiger partial charge in [-0.15, -0.1) is 11.3 Å². The lowest BCUT2D eigenvalue weighted by molar-refractivity contribution is -0.140. The topological polar surface area (TPSA) is 52.9 Å². The van der Waals surface area contributed by atoms with Gasteiger partial charge >= 0.3 is 5.97 Å². The van der Waals surface area contributed by atoms with Crippen molar-refractivity contribution in [3.05, 3.63) is 94.2 Å². The van der Waals surface area contributed by atoms with Gasteiger partial charge in [-0.3, -0.25) is 9.36 Å². The molecule has 3 aliphatic rings. The van der Waals surface area contributed by atoms with E-state index in [9.17, 15) is 4.79 Å². The Morgan fingerprint density at radius 1 is 0.889 bits per heavy atom. The number of nitrogens with zero attached hydrogens (tertiary/aromatic N) is 3. The molecule has 0 bridgehead atoms. The third kappa shape index (κ3) is 4.07. The molecule has 36 heavy (non-hydrogen) atoms. The van der Waals surface area contributed by atoms with E-state index in [2.05, 4.69) is 33.6 Å². The summed E-state index contributed by atoms with van der Waals surface area (Å²) >= 11 is 1.61. The summed E-state index contributed by atoms with van der Waals surface area (Å²) < 4.78 is 27.5. The Bertz CT molecular complexity index is 1180. The number of rotatable bonds is 7. The summed E-state index contributed by atoms with van der Waals surface area (Å²) in [5, 5.41) is 2.02. The van der Waals surface area contributed by atoms with Crippen LogP contribution in [-0.4, -0.2) is 45.2 Å². The minimum absolute atomic E-state index is 0.191. The molecular weight excluding hydrogens is 489 g/mol. The first-order valence-electron chi connectivity index (χ1n) is 12.7. The van der Waals surface area contributed by atoms with Crippen molar-refractivity contribution in [2.75, 3.05) is 7.11 Å². The zero-order valence-electron chi connectivity index (χ0n) is 20.5. The Hall–Kier alpha value is -2.28. The molecule has 0 radical (unpaired) electrons. The zero-order chi connectivity index (χ0) is 24.7. The fraction of sp³-hybridized carbons (Fsp3) is 0.393. The summed E-state index contributed by atoms with van der Waals surface area (Å²) in [4.78, 5) is 14.1. The molecule has 1 aromatic heterocycles. The van der Waals surface area contributed by atoms with Crippen molar-refractivity contribution in [2.24, 2.45) is 0 Å². The van der Waals surface area contributed by atoms with Crippen LogP contribution in [0.4, 0.5) is 0 Å². The van der Waals surface area contributed by atoms with E-state index in [0.717, 1.165) is 41.7 Å². The van der Waals surface area contributed by atoms with E-state index in [1.54, 1.807) is 11.3 Å². The molecule has 1 aliphatic carbocycles. The lowest BCUT2D eigenvalue weighted by Gasteiger charge is -2.33. The van der Waals surface area contributed by atoms with Gasteiger partial charge < -0.3 is 4.74 Å². The zero-order valence-corrected chi connectivity index (χ0v) is 22.2. The van der Waals surface area contributed by atoms with Gasteiger partial charge in [0.2, 0.25) is 0 Å². The van der Waals surface area contributed by atoms with Gasteiger partial charge in [-0.25, -0.2) is 14.0 Å². The monoisotopic (exact) mass is 521 g/mol. The molecule has 5 atom stereocenters. The standard InChI is InChI=1S/C28H32N3O3PS/c1-34-28(32)27-26(25-17-10-18-36-25)31(27)35(33)29(19-21-11-4-2-5-12-21)23-15-8-9-16-24(23)30(35)20-22-13-6-3-7-14-22/h2-7,10-14,17-18,23-24,26-27H,8-9,15-16,19-20H2,1H3/t23-,24-,26+,27+,31?/m1/s1. The third-order valence-corrected chi connectivity index (χ3v) is 12.1. The van der Waals surface area contributed by atoms with Crippen LogP contribution in [-0.2, 0) is 27.2 Å². The number of methoxy groups -OCH3 is 1. The average Bonchev–Trinajstić information content (AvgIpc) is 3.34. The number of carbonyl (C=O) groups excluding carboxylic acids is 1. The van der Waals surface area contributed by atoms with E-state index in [1.165, 1.54) is 7.11 Å². The highest BCUT2D eigenvalue weighted by Gasteiger charge is 2.70. The first-order valence-corrected chi connectivity index (χ1v) is 15.2. The van der Waals surface area contributed by atoms with Gasteiger partial charge in [0, 0.05) is 30.1 Å². The van der Waals surface area contributed by atoms with Gasteiger partial charge in [0.15, 0.2) is 0 Å². The SMILES string of the molecule is COC(=O)[C@@H]1[C@H](c2cccs2)N1P1(=O)N(Cc2ccccc2)[C@@H]2CCCC[C@H]2N1Cc1ccccc1. The van der Waals surface area contributed by atoms with Gasteiger partial charge in [0.1, 0.15) is 6.04 Å². The van der Waals surface area contributed by atoms with Crippen molar-refractivity contribution in [1.82, 2.24) is 14.0 Å². The Labute approximate surface area is 217 Å². The number of ether oxygens (including phenoxy) is 1. The summed E-state index contributed by atoms with van der Waals surface area (Å²) in [6.07, 6.45) is 4.32. The Balaban J connectivity index is 1.46. The Morgan fingerprint density at radius 2 is 1.44 bits per heavy atom. The third-order valence-electron chi connectivity index (χ3n) is 7.86. The van der Waals surface area contributed by atoms with Crippen molar-refractivity contribution >= 4 is 24.9 Å². The molecule has 0 amide bonds. The van der Waals surface area contributed by atoms with E-state index < -0.39 is 13.6 Å². The van der Waals surface area contributed by atoms with Crippen LogP contribution in [0.5, 0.6) is 0 Å². The Kier molecular flexibility index (Phi) is 6.61. The Morgan fingerprint density at radius 3 is 1.92 bits per heavy atom. The second-order valence-electron chi connectivity index (χ2n) is 9.91. The maximum absolute atomic E-state index is 15.7. The molecule has 8 heteroatoms. The van der Waals surface area contributed by atoms with Crippen LogP contribution < -0.4 is 0 Å². The first kappa shape index (κ1) is 24.1. The van der Waals surface area contributed by atoms with Crippen molar-refractivity contribution in [3.63, 3.8) is 0 Å². The van der Waals surface area contributed by atoms with E-state index in [1.807, 2.05) is 58.6 Å². The highest BCUT2D eigenvalue weighted by Crippen LogP contribution is 2.75. The number of hydrogen-bond donors (Lipinski definition) is 0. The largest absolute Gasteiger partial charge is 0.468 e. The van der Waals surface area contributed by atoms with E-state index in [4.69, 9.17) is 4.74 Å². The molecule has 188 valence electrons. The highest BCUT2D eigenvalue weighted by atomic mass is 32.1. The second-order valence-corrected chi connectivity index (χ2v) is 13.4. The molecule has 3 aromatic rings. The minimum atomic E-state index is -3.30. The molecule has 2 aliphatic heterocycles. The normalized spacial score (nSPS) is 29.5. The fourth-order valence-corrected chi connectivity index (χ4v) is 11.0. The molecule has 2 aromatic carbocycles. The summed E-state index contributed by atoms with van der Waals surface area (Å²) in [6, 6.07) is 24.3. The molecule has 1 unspecified atom stereocenters. The molecule has 3 heterocycles. The molecule has 1 saturated carbocycles. The lowest BCUT2D eigenvalue weighted by Crippen LogP contribution is -2.39. The number of thiophene rings is 1. The van der Waals surface area contributed by atoms with Crippen LogP contribution in [0.1, 0.15) is 47.7 Å². The van der Waals surface area contributed by atoms with Gasteiger partial charge in [0.25, 0.3) is 7.59 Å². The van der Waals surface area contributed by atoms with Crippen molar-refractivity contribution in [3.8, 4) is 0 Å². The van der Waals surface area contributed by atoms with Gasteiger partial charge in [-0.2, -0.15) is 0 Å². The fourth-order valence-electron chi connectivity index (χ4n) is 6.19. The quantitative estimate of drug-likeness (QED) is 0.213. The number of esters is 1. The molecular formula is C28H32N3O3PS. The number of benzene rings is 2. The molecule has 2 saturated heterocycles. The molecule has 6 rings (SSSR count). The van der Waals surface area contributed by atoms with Crippen LogP contribution in [0.3, 0.4) is 0 Å². The summed E-state index contributed by atoms with van der Waals surface area (Å²) in [5.74, 6) is -0.308. The van der Waals surface area contributed by atoms with E-state index in [-0.39, 0.29) is 24.1 Å². The van der Waals surface area contributed by atoms with Crippen molar-refractivity contribution in [2.45, 2.75) is 62.9 Å². The van der Waals surface area contributed by atoms with Gasteiger partial charge in [0.05, 0.1) is 13.2 Å². The number of carbonyl (C=O) groups is 1. The summed E-state index contributed by atoms with van der Waals surface area (Å²) in [6.45, 7) is 1.21. The molecule has 3 fully saturated rings. The van der Waals surface area contributed by atoms with Crippen molar-refractivity contribution < 1.29 is 14.1 Å².